The molecule has 0 radical (unpaired) electrons. The van der Waals surface area contributed by atoms with E-state index in [-0.39, 0.29) is 6.04 Å². The highest BCUT2D eigenvalue weighted by atomic mass is 15.2. The van der Waals surface area contributed by atoms with Gasteiger partial charge in [-0.2, -0.15) is 5.26 Å². The number of pyridine rings is 1. The summed E-state index contributed by atoms with van der Waals surface area (Å²) in [6, 6.07) is 6.32. The van der Waals surface area contributed by atoms with E-state index in [2.05, 4.69) is 16.0 Å². The van der Waals surface area contributed by atoms with Gasteiger partial charge in [0.05, 0.1) is 18.0 Å². The molecule has 3 nitrogen and oxygen atoms in total. The van der Waals surface area contributed by atoms with Crippen LogP contribution in [0.3, 0.4) is 0 Å². The van der Waals surface area contributed by atoms with Crippen molar-refractivity contribution in [3.8, 4) is 6.07 Å². The van der Waals surface area contributed by atoms with Crippen molar-refractivity contribution in [2.24, 2.45) is 0 Å². The Morgan fingerprint density at radius 2 is 2.43 bits per heavy atom. The monoisotopic (exact) mass is 187 g/mol. The third-order valence-electron chi connectivity index (χ3n) is 2.63. The molecule has 2 heterocycles. The van der Waals surface area contributed by atoms with Gasteiger partial charge in [0.2, 0.25) is 0 Å². The van der Waals surface area contributed by atoms with Gasteiger partial charge in [-0.05, 0) is 31.4 Å². The number of piperidine rings is 1. The summed E-state index contributed by atoms with van der Waals surface area (Å²) >= 11 is 0. The van der Waals surface area contributed by atoms with Crippen molar-refractivity contribution >= 4 is 5.69 Å². The van der Waals surface area contributed by atoms with E-state index in [0.29, 0.717) is 0 Å². The maximum absolute atomic E-state index is 9.01. The fourth-order valence-electron chi connectivity index (χ4n) is 1.90. The predicted octanol–water partition coefficient (Wildman–Crippen LogP) is 1.96. The summed E-state index contributed by atoms with van der Waals surface area (Å²) in [7, 11) is 0. The molecule has 2 rings (SSSR count). The summed E-state index contributed by atoms with van der Waals surface area (Å²) in [4.78, 5) is 6.23. The molecular formula is C11H13N3. The van der Waals surface area contributed by atoms with Crippen molar-refractivity contribution in [3.05, 3.63) is 24.5 Å². The summed E-state index contributed by atoms with van der Waals surface area (Å²) in [6.45, 7) is 0.976. The maximum atomic E-state index is 9.01. The lowest BCUT2D eigenvalue weighted by Gasteiger charge is -2.32. The molecule has 3 heteroatoms. The molecule has 1 aromatic heterocycles. The fourth-order valence-corrected chi connectivity index (χ4v) is 1.90. The number of hydrogen-bond acceptors (Lipinski definition) is 3. The molecule has 0 spiro atoms. The molecule has 0 aliphatic carbocycles. The molecule has 0 unspecified atom stereocenters. The number of nitrogens with zero attached hydrogens (tertiary/aromatic N) is 3. The molecular weight excluding hydrogens is 174 g/mol. The van der Waals surface area contributed by atoms with Gasteiger partial charge in [0.1, 0.15) is 6.04 Å². The molecule has 1 aromatic rings. The second-order valence-corrected chi connectivity index (χ2v) is 3.55. The summed E-state index contributed by atoms with van der Waals surface area (Å²) in [5.41, 5.74) is 1.07. The highest BCUT2D eigenvalue weighted by Gasteiger charge is 2.21. The summed E-state index contributed by atoms with van der Waals surface area (Å²) in [5, 5.41) is 9.01. The van der Waals surface area contributed by atoms with Crippen molar-refractivity contribution in [2.75, 3.05) is 11.4 Å². The first-order valence-electron chi connectivity index (χ1n) is 4.98. The minimum atomic E-state index is 0.0351. The van der Waals surface area contributed by atoms with Gasteiger partial charge in [-0.15, -0.1) is 0 Å². The van der Waals surface area contributed by atoms with Crippen LogP contribution in [-0.4, -0.2) is 17.6 Å². The second-order valence-electron chi connectivity index (χ2n) is 3.55. The van der Waals surface area contributed by atoms with E-state index >= 15 is 0 Å². The van der Waals surface area contributed by atoms with Gasteiger partial charge in [-0.1, -0.05) is 0 Å². The van der Waals surface area contributed by atoms with Gasteiger partial charge < -0.3 is 4.90 Å². The summed E-state index contributed by atoms with van der Waals surface area (Å²) < 4.78 is 0. The molecule has 14 heavy (non-hydrogen) atoms. The molecule has 1 aliphatic heterocycles. The van der Waals surface area contributed by atoms with Crippen LogP contribution >= 0.6 is 0 Å². The normalized spacial score (nSPS) is 21.6. The first-order chi connectivity index (χ1) is 6.92. The Hall–Kier alpha value is -1.56. The van der Waals surface area contributed by atoms with E-state index in [0.717, 1.165) is 25.1 Å². The van der Waals surface area contributed by atoms with E-state index in [1.165, 1.54) is 6.42 Å². The van der Waals surface area contributed by atoms with Crippen molar-refractivity contribution in [1.29, 1.82) is 5.26 Å². The van der Waals surface area contributed by atoms with Gasteiger partial charge in [-0.25, -0.2) is 0 Å². The van der Waals surface area contributed by atoms with E-state index < -0.39 is 0 Å². The topological polar surface area (TPSA) is 39.9 Å². The molecule has 1 fully saturated rings. The van der Waals surface area contributed by atoms with Gasteiger partial charge in [0, 0.05) is 12.7 Å². The minimum absolute atomic E-state index is 0.0351. The Morgan fingerprint density at radius 3 is 3.14 bits per heavy atom. The van der Waals surface area contributed by atoms with Crippen LogP contribution in [0.5, 0.6) is 0 Å². The Kier molecular flexibility index (Phi) is 2.64. The minimum Gasteiger partial charge on any atom is -0.354 e. The molecule has 72 valence electrons. The molecule has 0 saturated carbocycles. The van der Waals surface area contributed by atoms with Gasteiger partial charge in [-0.3, -0.25) is 4.98 Å². The molecule has 1 aliphatic rings. The number of aromatic nitrogens is 1. The van der Waals surface area contributed by atoms with Gasteiger partial charge >= 0.3 is 0 Å². The third-order valence-corrected chi connectivity index (χ3v) is 2.63. The lowest BCUT2D eigenvalue weighted by atomic mass is 10.0. The Balaban J connectivity index is 2.20. The smallest absolute Gasteiger partial charge is 0.116 e. The molecule has 1 atom stereocenters. The molecule has 1 saturated heterocycles. The van der Waals surface area contributed by atoms with Crippen LogP contribution in [0.2, 0.25) is 0 Å². The van der Waals surface area contributed by atoms with E-state index in [1.807, 2.05) is 18.3 Å². The van der Waals surface area contributed by atoms with Gasteiger partial charge in [0.15, 0.2) is 0 Å². The van der Waals surface area contributed by atoms with E-state index in [4.69, 9.17) is 5.26 Å². The average molecular weight is 187 g/mol. The Morgan fingerprint density at radius 1 is 1.50 bits per heavy atom. The highest BCUT2D eigenvalue weighted by Crippen LogP contribution is 2.23. The van der Waals surface area contributed by atoms with E-state index in [1.54, 1.807) is 6.20 Å². The Bertz CT molecular complexity index is 328. The lowest BCUT2D eigenvalue weighted by molar-refractivity contribution is 0.520. The van der Waals surface area contributed by atoms with Crippen LogP contribution in [0.25, 0.3) is 0 Å². The van der Waals surface area contributed by atoms with Crippen LogP contribution in [-0.2, 0) is 0 Å². The predicted molar refractivity (Wildman–Crippen MR) is 54.8 cm³/mol. The molecule has 0 bridgehead atoms. The SMILES string of the molecule is N#C[C@H]1CCCCN1c1cccnc1. The summed E-state index contributed by atoms with van der Waals surface area (Å²) in [6.07, 6.45) is 6.90. The highest BCUT2D eigenvalue weighted by molar-refractivity contribution is 5.46. The summed E-state index contributed by atoms with van der Waals surface area (Å²) in [5.74, 6) is 0. The van der Waals surface area contributed by atoms with Crippen LogP contribution in [0, 0.1) is 11.3 Å². The Labute approximate surface area is 84.0 Å². The molecule has 0 N–H and O–H groups in total. The first kappa shape index (κ1) is 9.01. The van der Waals surface area contributed by atoms with Crippen molar-refractivity contribution < 1.29 is 0 Å². The van der Waals surface area contributed by atoms with Crippen molar-refractivity contribution in [1.82, 2.24) is 4.98 Å². The quantitative estimate of drug-likeness (QED) is 0.674. The average Bonchev–Trinajstić information content (AvgIpc) is 2.30. The standard InChI is InChI=1S/C11H13N3/c12-8-10-4-1-2-7-14(10)11-5-3-6-13-9-11/h3,5-6,9-10H,1-2,4,7H2/t10-/m1/s1. The zero-order valence-electron chi connectivity index (χ0n) is 8.06. The zero-order valence-corrected chi connectivity index (χ0v) is 8.06. The number of nitriles is 1. The van der Waals surface area contributed by atoms with E-state index in [9.17, 15) is 0 Å². The lowest BCUT2D eigenvalue weighted by Crippen LogP contribution is -2.38. The van der Waals surface area contributed by atoms with Crippen molar-refractivity contribution in [3.63, 3.8) is 0 Å². The van der Waals surface area contributed by atoms with Crippen LogP contribution in [0.15, 0.2) is 24.5 Å². The van der Waals surface area contributed by atoms with Crippen LogP contribution in [0.4, 0.5) is 5.69 Å². The first-order valence-corrected chi connectivity index (χ1v) is 4.98. The molecule has 0 amide bonds. The molecule has 0 aromatic carbocycles. The number of hydrogen-bond donors (Lipinski definition) is 0. The zero-order chi connectivity index (χ0) is 9.80. The number of rotatable bonds is 1. The largest absolute Gasteiger partial charge is 0.354 e. The fraction of sp³-hybridized carbons (Fsp3) is 0.455. The second kappa shape index (κ2) is 4.10. The third kappa shape index (κ3) is 1.69. The van der Waals surface area contributed by atoms with Crippen molar-refractivity contribution in [2.45, 2.75) is 25.3 Å². The van der Waals surface area contributed by atoms with Gasteiger partial charge in [0.25, 0.3) is 0 Å². The number of anilines is 1. The van der Waals surface area contributed by atoms with Crippen LogP contribution in [0.1, 0.15) is 19.3 Å². The maximum Gasteiger partial charge on any atom is 0.116 e. The van der Waals surface area contributed by atoms with Crippen LogP contribution < -0.4 is 4.90 Å².